The fraction of sp³-hybridized carbons (Fsp3) is 0.818. The molecular weight excluding hydrogens is 244 g/mol. The molecule has 16 heavy (non-hydrogen) atoms. The van der Waals surface area contributed by atoms with E-state index in [2.05, 4.69) is 24.0 Å². The predicted octanol–water partition coefficient (Wildman–Crippen LogP) is 3.87. The van der Waals surface area contributed by atoms with Gasteiger partial charge in [0.05, 0.1) is 12.5 Å². The summed E-state index contributed by atoms with van der Waals surface area (Å²) in [6.07, 6.45) is 4.89. The van der Waals surface area contributed by atoms with Gasteiger partial charge in [-0.3, -0.25) is 0 Å². The normalized spacial score (nSPS) is 12.7. The summed E-state index contributed by atoms with van der Waals surface area (Å²) in [6, 6.07) is 0. The van der Waals surface area contributed by atoms with Gasteiger partial charge in [0.15, 0.2) is 0 Å². The van der Waals surface area contributed by atoms with Crippen LogP contribution in [-0.4, -0.2) is 16.8 Å². The molecule has 92 valence electrons. The van der Waals surface area contributed by atoms with Crippen LogP contribution in [0.15, 0.2) is 0 Å². The maximum absolute atomic E-state index is 5.65. The average Bonchev–Trinajstić information content (AvgIpc) is 2.77. The number of alkyl halides is 1. The molecule has 5 heteroatoms. The maximum atomic E-state index is 5.65. The summed E-state index contributed by atoms with van der Waals surface area (Å²) in [7, 11) is 0. The molecule has 0 aromatic carbocycles. The Hall–Kier alpha value is -0.350. The molecule has 0 bridgehead atoms. The maximum Gasteiger partial charge on any atom is 0.294 e. The first-order valence-electron chi connectivity index (χ1n) is 5.81. The highest BCUT2D eigenvalue weighted by Crippen LogP contribution is 2.21. The molecule has 0 aliphatic carbocycles. The van der Waals surface area contributed by atoms with Crippen LogP contribution in [0.5, 0.6) is 5.19 Å². The van der Waals surface area contributed by atoms with Crippen LogP contribution in [0.25, 0.3) is 0 Å². The topological polar surface area (TPSA) is 35.0 Å². The van der Waals surface area contributed by atoms with Gasteiger partial charge in [0, 0.05) is 0 Å². The van der Waals surface area contributed by atoms with Gasteiger partial charge in [-0.2, -0.15) is 0 Å². The van der Waals surface area contributed by atoms with Gasteiger partial charge in [-0.15, -0.1) is 21.8 Å². The summed E-state index contributed by atoms with van der Waals surface area (Å²) in [5.74, 6) is 1.04. The Bertz CT molecular complexity index is 293. The average molecular weight is 263 g/mol. The second-order valence-corrected chi connectivity index (χ2v) is 5.11. The largest absolute Gasteiger partial charge is 0.469 e. The van der Waals surface area contributed by atoms with Gasteiger partial charge in [-0.25, -0.2) is 0 Å². The molecule has 0 saturated heterocycles. The number of unbranched alkanes of at least 4 members (excludes halogenated alkanes) is 1. The van der Waals surface area contributed by atoms with Gasteiger partial charge in [0.1, 0.15) is 5.01 Å². The van der Waals surface area contributed by atoms with E-state index in [4.69, 9.17) is 16.3 Å². The van der Waals surface area contributed by atoms with Crippen molar-refractivity contribution in [3.8, 4) is 5.19 Å². The number of ether oxygens (including phenoxy) is 1. The number of rotatable bonds is 8. The van der Waals surface area contributed by atoms with Crippen LogP contribution < -0.4 is 4.74 Å². The molecule has 3 nitrogen and oxygen atoms in total. The van der Waals surface area contributed by atoms with Crippen LogP contribution in [0.4, 0.5) is 0 Å². The summed E-state index contributed by atoms with van der Waals surface area (Å²) in [4.78, 5) is 0. The van der Waals surface area contributed by atoms with Crippen molar-refractivity contribution in [1.82, 2.24) is 10.2 Å². The van der Waals surface area contributed by atoms with E-state index < -0.39 is 0 Å². The highest BCUT2D eigenvalue weighted by Gasteiger charge is 2.09. The monoisotopic (exact) mass is 262 g/mol. The molecule has 0 radical (unpaired) electrons. The van der Waals surface area contributed by atoms with Crippen molar-refractivity contribution in [3.63, 3.8) is 0 Å². The van der Waals surface area contributed by atoms with Crippen molar-refractivity contribution < 1.29 is 4.74 Å². The van der Waals surface area contributed by atoms with E-state index in [9.17, 15) is 0 Å². The molecule has 0 aliphatic heterocycles. The second kappa shape index (κ2) is 7.85. The zero-order chi connectivity index (χ0) is 11.8. The van der Waals surface area contributed by atoms with Gasteiger partial charge in [0.25, 0.3) is 5.19 Å². The van der Waals surface area contributed by atoms with E-state index in [0.717, 1.165) is 18.0 Å². The molecular formula is C11H19ClN2OS. The van der Waals surface area contributed by atoms with Crippen LogP contribution in [0, 0.1) is 5.92 Å². The molecule has 0 N–H and O–H groups in total. The molecule has 1 unspecified atom stereocenters. The molecule has 0 fully saturated rings. The Balaban J connectivity index is 2.31. The molecule has 0 aliphatic rings. The number of aromatic nitrogens is 2. The van der Waals surface area contributed by atoms with Crippen LogP contribution in [0.3, 0.4) is 0 Å². The molecule has 1 rings (SSSR count). The Morgan fingerprint density at radius 3 is 2.75 bits per heavy atom. The first kappa shape index (κ1) is 13.7. The van der Waals surface area contributed by atoms with Crippen LogP contribution in [-0.2, 0) is 5.88 Å². The van der Waals surface area contributed by atoms with E-state index in [1.54, 1.807) is 0 Å². The van der Waals surface area contributed by atoms with Gasteiger partial charge in [0.2, 0.25) is 0 Å². The first-order valence-corrected chi connectivity index (χ1v) is 7.16. The quantitative estimate of drug-likeness (QED) is 0.667. The third kappa shape index (κ3) is 4.66. The molecule has 0 spiro atoms. The summed E-state index contributed by atoms with van der Waals surface area (Å²) in [6.45, 7) is 5.16. The fourth-order valence-electron chi connectivity index (χ4n) is 1.44. The van der Waals surface area contributed by atoms with Gasteiger partial charge < -0.3 is 4.74 Å². The molecule has 1 atom stereocenters. The lowest BCUT2D eigenvalue weighted by Crippen LogP contribution is -2.11. The third-order valence-electron chi connectivity index (χ3n) is 2.55. The molecule has 1 aromatic heterocycles. The molecule has 0 amide bonds. The number of hydrogen-bond acceptors (Lipinski definition) is 4. The lowest BCUT2D eigenvalue weighted by molar-refractivity contribution is 0.231. The van der Waals surface area contributed by atoms with E-state index in [1.807, 2.05) is 0 Å². The van der Waals surface area contributed by atoms with Crippen molar-refractivity contribution in [2.45, 2.75) is 45.4 Å². The van der Waals surface area contributed by atoms with E-state index >= 15 is 0 Å². The SMILES string of the molecule is CCCCC(CC)COc1nnc(CCl)s1. The minimum atomic E-state index is 0.411. The smallest absolute Gasteiger partial charge is 0.294 e. The van der Waals surface area contributed by atoms with Crippen LogP contribution in [0.1, 0.15) is 44.5 Å². The zero-order valence-corrected chi connectivity index (χ0v) is 11.5. The summed E-state index contributed by atoms with van der Waals surface area (Å²) in [5, 5.41) is 9.31. The number of hydrogen-bond donors (Lipinski definition) is 0. The number of halogens is 1. The van der Waals surface area contributed by atoms with Gasteiger partial charge in [-0.1, -0.05) is 44.4 Å². The van der Waals surface area contributed by atoms with Crippen molar-refractivity contribution in [1.29, 1.82) is 0 Å². The molecule has 0 saturated carbocycles. The molecule has 1 aromatic rings. The van der Waals surface area contributed by atoms with Crippen molar-refractivity contribution in [3.05, 3.63) is 5.01 Å². The first-order chi connectivity index (χ1) is 7.80. The number of nitrogens with zero attached hydrogens (tertiary/aromatic N) is 2. The van der Waals surface area contributed by atoms with Crippen molar-refractivity contribution in [2.24, 2.45) is 5.92 Å². The van der Waals surface area contributed by atoms with Crippen LogP contribution >= 0.6 is 22.9 Å². The van der Waals surface area contributed by atoms with Gasteiger partial charge in [-0.05, 0) is 12.3 Å². The van der Waals surface area contributed by atoms with Crippen molar-refractivity contribution in [2.75, 3.05) is 6.61 Å². The Morgan fingerprint density at radius 2 is 2.19 bits per heavy atom. The van der Waals surface area contributed by atoms with E-state index in [-0.39, 0.29) is 0 Å². The lowest BCUT2D eigenvalue weighted by Gasteiger charge is -2.13. The Labute approximate surface area is 106 Å². The Morgan fingerprint density at radius 1 is 1.38 bits per heavy atom. The van der Waals surface area contributed by atoms with E-state index in [0.29, 0.717) is 17.0 Å². The summed E-state index contributed by atoms with van der Waals surface area (Å²) in [5.41, 5.74) is 0. The predicted molar refractivity (Wildman–Crippen MR) is 68.3 cm³/mol. The van der Waals surface area contributed by atoms with E-state index in [1.165, 1.54) is 30.6 Å². The second-order valence-electron chi connectivity index (χ2n) is 3.82. The third-order valence-corrected chi connectivity index (χ3v) is 3.80. The highest BCUT2D eigenvalue weighted by atomic mass is 35.5. The Kier molecular flexibility index (Phi) is 6.73. The summed E-state index contributed by atoms with van der Waals surface area (Å²) >= 11 is 7.08. The highest BCUT2D eigenvalue weighted by molar-refractivity contribution is 7.13. The van der Waals surface area contributed by atoms with Gasteiger partial charge >= 0.3 is 0 Å². The fourth-order valence-corrected chi connectivity index (χ4v) is 2.20. The standard InChI is InChI=1S/C11H19ClN2OS/c1-3-5-6-9(4-2)8-15-11-14-13-10(7-12)16-11/h9H,3-8H2,1-2H3. The molecule has 1 heterocycles. The lowest BCUT2D eigenvalue weighted by atomic mass is 10.0. The summed E-state index contributed by atoms with van der Waals surface area (Å²) < 4.78 is 5.62. The minimum absolute atomic E-state index is 0.411. The zero-order valence-electron chi connectivity index (χ0n) is 9.91. The minimum Gasteiger partial charge on any atom is -0.469 e. The van der Waals surface area contributed by atoms with Crippen LogP contribution in [0.2, 0.25) is 0 Å². The van der Waals surface area contributed by atoms with Crippen molar-refractivity contribution >= 4 is 22.9 Å².